The lowest BCUT2D eigenvalue weighted by molar-refractivity contribution is 0.0142. The number of hydrogen-bond acceptors (Lipinski definition) is 5. The van der Waals surface area contributed by atoms with Crippen molar-refractivity contribution in [2.45, 2.75) is 18.6 Å². The molecule has 0 aromatic heterocycles. The summed E-state index contributed by atoms with van der Waals surface area (Å²) < 4.78 is 10.2. The van der Waals surface area contributed by atoms with Gasteiger partial charge in [-0.05, 0) is 18.6 Å². The average molecular weight is 305 g/mol. The highest BCUT2D eigenvalue weighted by Crippen LogP contribution is 2.37. The normalized spacial score (nSPS) is 13.7. The molecule has 0 aliphatic carbocycles. The van der Waals surface area contributed by atoms with Gasteiger partial charge in [0.15, 0.2) is 0 Å². The number of methoxy groups -OCH3 is 2. The molecule has 2 unspecified atom stereocenters. The molecule has 0 saturated heterocycles. The summed E-state index contributed by atoms with van der Waals surface area (Å²) in [4.78, 5) is 11.0. The predicted octanol–water partition coefficient (Wildman–Crippen LogP) is 1.43. The van der Waals surface area contributed by atoms with Crippen molar-refractivity contribution < 1.29 is 29.6 Å². The Labute approximate surface area is 121 Å². The molecular weight excluding hydrogens is 288 g/mol. The number of hydrogen-bond donors (Lipinski definition) is 3. The third-order valence-electron chi connectivity index (χ3n) is 2.86. The fourth-order valence-electron chi connectivity index (χ4n) is 1.82. The highest BCUT2D eigenvalue weighted by molar-refractivity contribution is 6.17. The molecule has 0 saturated carbocycles. The molecule has 1 aromatic rings. The lowest BCUT2D eigenvalue weighted by Gasteiger charge is -2.22. The van der Waals surface area contributed by atoms with Crippen molar-refractivity contribution in [1.82, 2.24) is 0 Å². The molecular formula is C13H17ClO6. The summed E-state index contributed by atoms with van der Waals surface area (Å²) >= 11 is 5.53. The minimum absolute atomic E-state index is 0.0403. The van der Waals surface area contributed by atoms with Crippen LogP contribution in [-0.4, -0.2) is 47.5 Å². The highest BCUT2D eigenvalue weighted by Gasteiger charge is 2.27. The van der Waals surface area contributed by atoms with E-state index in [4.69, 9.17) is 26.2 Å². The number of halogens is 1. The van der Waals surface area contributed by atoms with Crippen LogP contribution in [0.5, 0.6) is 11.5 Å². The largest absolute Gasteiger partial charge is 0.496 e. The molecule has 0 spiro atoms. The minimum Gasteiger partial charge on any atom is -0.496 e. The van der Waals surface area contributed by atoms with Crippen LogP contribution in [0.2, 0.25) is 0 Å². The molecule has 0 aliphatic heterocycles. The number of rotatable bonds is 7. The van der Waals surface area contributed by atoms with Crippen LogP contribution in [0.4, 0.5) is 0 Å². The van der Waals surface area contributed by atoms with Crippen molar-refractivity contribution in [3.8, 4) is 11.5 Å². The number of aliphatic hydroxyl groups is 2. The zero-order chi connectivity index (χ0) is 15.3. The summed E-state index contributed by atoms with van der Waals surface area (Å²) in [5.41, 5.74) is 0.152. The Morgan fingerprint density at radius 2 is 1.75 bits per heavy atom. The number of carbonyl (C=O) groups is 1. The fourth-order valence-corrected chi connectivity index (χ4v) is 2.04. The molecule has 1 rings (SSSR count). The Morgan fingerprint density at radius 3 is 2.10 bits per heavy atom. The first-order valence-corrected chi connectivity index (χ1v) is 6.41. The van der Waals surface area contributed by atoms with Gasteiger partial charge < -0.3 is 24.8 Å². The van der Waals surface area contributed by atoms with Gasteiger partial charge >= 0.3 is 5.97 Å². The quantitative estimate of drug-likeness (QED) is 0.659. The number of ether oxygens (including phenoxy) is 2. The Hall–Kier alpha value is -1.50. The third-order valence-corrected chi connectivity index (χ3v) is 3.07. The van der Waals surface area contributed by atoms with Crippen LogP contribution in [-0.2, 0) is 0 Å². The van der Waals surface area contributed by atoms with Crippen LogP contribution in [0.25, 0.3) is 0 Å². The van der Waals surface area contributed by atoms with E-state index in [2.05, 4.69) is 0 Å². The molecule has 3 N–H and O–H groups in total. The van der Waals surface area contributed by atoms with E-state index in [1.807, 2.05) is 0 Å². The van der Waals surface area contributed by atoms with Crippen molar-refractivity contribution >= 4 is 17.6 Å². The molecule has 7 heteroatoms. The molecule has 0 bridgehead atoms. The number of carboxylic acids is 1. The van der Waals surface area contributed by atoms with E-state index in [1.54, 1.807) is 0 Å². The lowest BCUT2D eigenvalue weighted by Crippen LogP contribution is -2.20. The second kappa shape index (κ2) is 7.33. The number of benzene rings is 1. The van der Waals surface area contributed by atoms with Gasteiger partial charge in [0.25, 0.3) is 0 Å². The number of aliphatic hydroxyl groups excluding tert-OH is 2. The third kappa shape index (κ3) is 3.53. The number of aromatic carboxylic acids is 1. The maximum atomic E-state index is 11.0. The lowest BCUT2D eigenvalue weighted by atomic mass is 9.98. The summed E-state index contributed by atoms with van der Waals surface area (Å²) in [6.45, 7) is 0. The van der Waals surface area contributed by atoms with Crippen molar-refractivity contribution in [3.63, 3.8) is 0 Å². The van der Waals surface area contributed by atoms with Gasteiger partial charge in [-0.3, -0.25) is 0 Å². The second-order valence-corrected chi connectivity index (χ2v) is 4.47. The zero-order valence-electron chi connectivity index (χ0n) is 11.2. The number of alkyl halides is 1. The smallest absolute Gasteiger partial charge is 0.335 e. The molecule has 0 fully saturated rings. The van der Waals surface area contributed by atoms with E-state index in [0.717, 1.165) is 0 Å². The molecule has 0 heterocycles. The molecule has 20 heavy (non-hydrogen) atoms. The van der Waals surface area contributed by atoms with Crippen LogP contribution in [0, 0.1) is 0 Å². The van der Waals surface area contributed by atoms with Gasteiger partial charge in [0.2, 0.25) is 0 Å². The molecule has 1 aromatic carbocycles. The summed E-state index contributed by atoms with van der Waals surface area (Å²) in [6, 6.07) is 2.52. The zero-order valence-corrected chi connectivity index (χ0v) is 11.9. The minimum atomic E-state index is -1.29. The van der Waals surface area contributed by atoms with Gasteiger partial charge in [0.1, 0.15) is 17.6 Å². The van der Waals surface area contributed by atoms with Gasteiger partial charge in [-0.1, -0.05) is 0 Å². The number of carboxylic acid groups (broad SMARTS) is 1. The van der Waals surface area contributed by atoms with Gasteiger partial charge in [0, 0.05) is 5.88 Å². The standard InChI is InChI=1S/C13H17ClO6/c1-19-9-5-7(13(17)18)6-10(20-2)11(9)12(16)8(15)3-4-14/h5-6,8,12,15-16H,3-4H2,1-2H3,(H,17,18). The van der Waals surface area contributed by atoms with E-state index in [1.165, 1.54) is 26.4 Å². The Kier molecular flexibility index (Phi) is 6.06. The van der Waals surface area contributed by atoms with E-state index in [-0.39, 0.29) is 34.9 Å². The Bertz CT molecular complexity index is 451. The van der Waals surface area contributed by atoms with Crippen LogP contribution in [0.3, 0.4) is 0 Å². The van der Waals surface area contributed by atoms with Crippen LogP contribution < -0.4 is 9.47 Å². The van der Waals surface area contributed by atoms with Gasteiger partial charge in [0.05, 0.1) is 31.5 Å². The van der Waals surface area contributed by atoms with E-state index in [0.29, 0.717) is 0 Å². The summed E-state index contributed by atoms with van der Waals surface area (Å²) in [6.07, 6.45) is -2.22. The van der Waals surface area contributed by atoms with Crippen molar-refractivity contribution in [3.05, 3.63) is 23.3 Å². The van der Waals surface area contributed by atoms with Gasteiger partial charge in [-0.25, -0.2) is 4.79 Å². The monoisotopic (exact) mass is 304 g/mol. The van der Waals surface area contributed by atoms with E-state index >= 15 is 0 Å². The van der Waals surface area contributed by atoms with Crippen LogP contribution in [0.1, 0.15) is 28.4 Å². The SMILES string of the molecule is COc1cc(C(=O)O)cc(OC)c1C(O)C(O)CCCl. The summed E-state index contributed by atoms with van der Waals surface area (Å²) in [7, 11) is 2.68. The molecule has 112 valence electrons. The first-order chi connectivity index (χ1) is 9.46. The fraction of sp³-hybridized carbons (Fsp3) is 0.462. The molecule has 0 amide bonds. The predicted molar refractivity (Wildman–Crippen MR) is 72.8 cm³/mol. The summed E-state index contributed by atoms with van der Waals surface area (Å²) in [5.74, 6) is -0.717. The van der Waals surface area contributed by atoms with Gasteiger partial charge in [-0.2, -0.15) is 0 Å². The molecule has 6 nitrogen and oxygen atoms in total. The molecule has 2 atom stereocenters. The van der Waals surface area contributed by atoms with Crippen LogP contribution in [0.15, 0.2) is 12.1 Å². The first-order valence-electron chi connectivity index (χ1n) is 5.87. The molecule has 0 aliphatic rings. The van der Waals surface area contributed by atoms with Crippen molar-refractivity contribution in [2.24, 2.45) is 0 Å². The Morgan fingerprint density at radius 1 is 1.25 bits per heavy atom. The Balaban J connectivity index is 3.32. The van der Waals surface area contributed by atoms with Gasteiger partial charge in [-0.15, -0.1) is 11.6 Å². The second-order valence-electron chi connectivity index (χ2n) is 4.09. The maximum absolute atomic E-state index is 11.0. The average Bonchev–Trinajstić information content (AvgIpc) is 2.44. The highest BCUT2D eigenvalue weighted by atomic mass is 35.5. The first kappa shape index (κ1) is 16.6. The summed E-state index contributed by atoms with van der Waals surface area (Å²) in [5, 5.41) is 29.0. The van der Waals surface area contributed by atoms with E-state index in [9.17, 15) is 15.0 Å². The molecule has 0 radical (unpaired) electrons. The van der Waals surface area contributed by atoms with E-state index < -0.39 is 18.2 Å². The van der Waals surface area contributed by atoms with Crippen molar-refractivity contribution in [2.75, 3.05) is 20.1 Å². The topological polar surface area (TPSA) is 96.2 Å². The van der Waals surface area contributed by atoms with Crippen molar-refractivity contribution in [1.29, 1.82) is 0 Å². The maximum Gasteiger partial charge on any atom is 0.335 e. The van der Waals surface area contributed by atoms with Crippen LogP contribution >= 0.6 is 11.6 Å².